The van der Waals surface area contributed by atoms with E-state index in [0.717, 1.165) is 68.9 Å². The highest BCUT2D eigenvalue weighted by Crippen LogP contribution is 2.95. The Hall–Kier alpha value is -4.23. The van der Waals surface area contributed by atoms with Crippen LogP contribution >= 0.6 is 11.3 Å². The van der Waals surface area contributed by atoms with E-state index in [-0.39, 0.29) is 51.3 Å². The number of benzene rings is 1. The third-order valence-electron chi connectivity index (χ3n) is 14.8. The number of Topliss-reactive ketones (excluding diaryl/α,β-unsaturated/α-hetero) is 1. The monoisotopic (exact) mass is 918 g/mol. The maximum atomic E-state index is 15.2. The van der Waals surface area contributed by atoms with E-state index in [4.69, 9.17) is 19.4 Å². The summed E-state index contributed by atoms with van der Waals surface area (Å²) in [6.07, 6.45) is 6.81. The number of ketones is 1. The first kappa shape index (κ1) is 45.0. The maximum Gasteiger partial charge on any atom is 0.324 e. The van der Waals surface area contributed by atoms with Gasteiger partial charge in [0.2, 0.25) is 5.91 Å². The van der Waals surface area contributed by atoms with Gasteiger partial charge in [-0.05, 0) is 93.7 Å². The van der Waals surface area contributed by atoms with Crippen LogP contribution in [-0.4, -0.2) is 125 Å². The first-order valence-corrected chi connectivity index (χ1v) is 25.3. The zero-order chi connectivity index (χ0) is 45.7. The molecule has 1 spiro atoms. The number of cyclic esters (lactones) is 1. The Bertz CT molecular complexity index is 2540. The minimum atomic E-state index is -1.04. The van der Waals surface area contributed by atoms with Crippen LogP contribution in [0.4, 0.5) is 4.79 Å². The average Bonchev–Trinajstić information content (AvgIpc) is 4.02. The predicted molar refractivity (Wildman–Crippen MR) is 249 cm³/mol. The lowest BCUT2D eigenvalue weighted by Crippen LogP contribution is -2.59. The van der Waals surface area contributed by atoms with Gasteiger partial charge in [-0.15, -0.1) is 11.3 Å². The van der Waals surface area contributed by atoms with Gasteiger partial charge in [0.1, 0.15) is 6.04 Å². The van der Waals surface area contributed by atoms with E-state index in [0.29, 0.717) is 38.8 Å². The topological polar surface area (TPSA) is 139 Å². The minimum Gasteiger partial charge on any atom is -0.464 e. The summed E-state index contributed by atoms with van der Waals surface area (Å²) in [6, 6.07) is 9.13. The number of pyridine rings is 1. The van der Waals surface area contributed by atoms with Gasteiger partial charge in [-0.25, -0.2) is 15.2 Å². The Morgan fingerprint density at radius 2 is 1.91 bits per heavy atom. The zero-order valence-corrected chi connectivity index (χ0v) is 41.4. The fourth-order valence-corrected chi connectivity index (χ4v) is 14.2. The third-order valence-corrected chi connectivity index (χ3v) is 18.4. The molecular formula is C48H60N7O6SSi2. The van der Waals surface area contributed by atoms with Crippen LogP contribution in [0.15, 0.2) is 41.9 Å². The molecule has 6 atom stereocenters. The van der Waals surface area contributed by atoms with E-state index < -0.39 is 39.1 Å². The number of esters is 1. The number of thiazole rings is 1. The van der Waals surface area contributed by atoms with Crippen molar-refractivity contribution in [1.82, 2.24) is 34.8 Å². The second-order valence-corrected chi connectivity index (χ2v) is 23.5. The molecule has 2 saturated heterocycles. The molecule has 1 N–H and O–H groups in total. The number of hydrogen-bond acceptors (Lipinski definition) is 10. The van der Waals surface area contributed by atoms with Gasteiger partial charge in [0.15, 0.2) is 5.78 Å². The Kier molecular flexibility index (Phi) is 11.4. The van der Waals surface area contributed by atoms with Crippen LogP contribution in [0.3, 0.4) is 0 Å². The molecule has 4 aromatic rings. The second-order valence-electron chi connectivity index (χ2n) is 20.0. The van der Waals surface area contributed by atoms with Crippen molar-refractivity contribution in [3.05, 3.63) is 58.2 Å². The number of hydrogen-bond donors (Lipinski definition) is 1. The van der Waals surface area contributed by atoms with Gasteiger partial charge in [-0.3, -0.25) is 24.4 Å². The number of urea groups is 1. The number of carbonyl (C=O) groups is 4. The number of aromatic nitrogens is 3. The highest BCUT2D eigenvalue weighted by Gasteiger charge is 2.95. The molecule has 4 fully saturated rings. The molecule has 6 bridgehead atoms. The maximum absolute atomic E-state index is 15.2. The Morgan fingerprint density at radius 1 is 1.14 bits per heavy atom. The number of ether oxygens (including phenoxy) is 2. The van der Waals surface area contributed by atoms with Crippen LogP contribution in [0.25, 0.3) is 33.4 Å². The van der Waals surface area contributed by atoms with Crippen molar-refractivity contribution < 1.29 is 28.7 Å². The van der Waals surface area contributed by atoms with Gasteiger partial charge in [-0.2, -0.15) is 0 Å². The fourth-order valence-electron chi connectivity index (χ4n) is 10.9. The van der Waals surface area contributed by atoms with Crippen LogP contribution in [0, 0.1) is 16.7 Å². The lowest BCUT2D eigenvalue weighted by molar-refractivity contribution is -0.156. The predicted octanol–water partition coefficient (Wildman–Crippen LogP) is 6.79. The number of carbonyl (C=O) groups excluding carboxylic acids is 4. The Labute approximate surface area is 386 Å². The molecule has 3 aromatic heterocycles. The molecule has 2 unspecified atom stereocenters. The van der Waals surface area contributed by atoms with Gasteiger partial charge in [0.05, 0.1) is 65.1 Å². The molecule has 5 radical (unpaired) electrons. The molecular weight excluding hydrogens is 859 g/mol. The quantitative estimate of drug-likeness (QED) is 0.142. The van der Waals surface area contributed by atoms with E-state index in [9.17, 15) is 9.59 Å². The van der Waals surface area contributed by atoms with E-state index in [1.165, 1.54) is 11.3 Å². The number of rotatable bonds is 9. The van der Waals surface area contributed by atoms with E-state index in [1.807, 2.05) is 33.9 Å². The van der Waals surface area contributed by atoms with Crippen molar-refractivity contribution in [3.63, 3.8) is 0 Å². The van der Waals surface area contributed by atoms with Crippen molar-refractivity contribution in [2.75, 3.05) is 34.4 Å². The molecule has 13 nitrogen and oxygen atoms in total. The van der Waals surface area contributed by atoms with Crippen LogP contribution in [0.1, 0.15) is 89.9 Å². The van der Waals surface area contributed by atoms with E-state index in [1.54, 1.807) is 35.2 Å². The normalized spacial score (nSPS) is 26.7. The molecule has 1 aromatic carbocycles. The number of nitrogens with zero attached hydrogens (tertiary/aromatic N) is 6. The molecule has 337 valence electrons. The molecule has 6 heterocycles. The number of hydrazine groups is 1. The van der Waals surface area contributed by atoms with Gasteiger partial charge >= 0.3 is 12.0 Å². The summed E-state index contributed by atoms with van der Waals surface area (Å²) >= 11 is 1.51. The number of nitrogens with one attached hydrogen (secondary N) is 1. The smallest absolute Gasteiger partial charge is 0.324 e. The van der Waals surface area contributed by atoms with Crippen LogP contribution in [0.5, 0.6) is 0 Å². The standard InChI is InChI=1S/C48H60N7O6SSi2/c1-10-54-35-19-18-28-22-31(35)32(38(54)30-16-12-20-49-39(30)46(6,63)60-9)23-45(4,5)26-61-41(57)33-17-13-21-55(51-33)43(58)47(24-36-50-34(28)25-62-36)42-48(47,64-42)40(56)37(27(2)3)53(8)44(59)52(7)29-14-11-15-29/h12,16,18-20,22,25,27,29,33,37,42,51H,10-11,13-15,17,21,23-24,26H2,1-9H3/t33-,37-,42?,46+,47?,48-/m0/s1. The van der Waals surface area contributed by atoms with Gasteiger partial charge in [0.25, 0.3) is 0 Å². The summed E-state index contributed by atoms with van der Waals surface area (Å²) < 4.78 is 14.5. The SMILES string of the molecule is CCn1c(-c2cccnc2[C@@](C)([Si])OC)c2c3cc(ccc31)-c1csc(n1)CC1(C(=O)N3CCC[C@H](N3)C(=O)OCC(C)(C)C2)C2[Si][C@@]21C(=O)[C@H](C(C)C)N(C)C(=O)N(C)C1CCC1. The lowest BCUT2D eigenvalue weighted by atomic mass is 9.84. The van der Waals surface area contributed by atoms with E-state index >= 15 is 9.59 Å². The van der Waals surface area contributed by atoms with Crippen molar-refractivity contribution >= 4 is 65.7 Å². The van der Waals surface area contributed by atoms with Gasteiger partial charge < -0.3 is 23.8 Å². The third kappa shape index (κ3) is 7.12. The van der Waals surface area contributed by atoms with Crippen molar-refractivity contribution in [2.45, 2.75) is 127 Å². The summed E-state index contributed by atoms with van der Waals surface area (Å²) in [5.74, 6) is -0.783. The summed E-state index contributed by atoms with van der Waals surface area (Å²) in [6.45, 7) is 13.6. The molecule has 3 amide bonds. The first-order chi connectivity index (χ1) is 30.4. The van der Waals surface area contributed by atoms with E-state index in [2.05, 4.69) is 70.7 Å². The zero-order valence-electron chi connectivity index (χ0n) is 38.5. The van der Waals surface area contributed by atoms with Gasteiger partial charge in [0, 0.05) is 90.8 Å². The molecule has 2 saturated carbocycles. The second kappa shape index (κ2) is 16.3. The molecule has 2 aliphatic carbocycles. The Morgan fingerprint density at radius 3 is 2.58 bits per heavy atom. The Balaban J connectivity index is 1.14. The van der Waals surface area contributed by atoms with Crippen LogP contribution in [0.2, 0.25) is 10.6 Å². The molecule has 5 aliphatic rings. The van der Waals surface area contributed by atoms with Crippen LogP contribution < -0.4 is 5.43 Å². The molecule has 16 heteroatoms. The first-order valence-electron chi connectivity index (χ1n) is 22.8. The lowest BCUT2D eigenvalue weighted by Gasteiger charge is -2.41. The van der Waals surface area contributed by atoms with Crippen molar-refractivity contribution in [3.8, 4) is 22.5 Å². The number of likely N-dealkylation sites (N-methyl/N-ethyl adjacent to an activating group) is 1. The molecule has 3 aliphatic heterocycles. The fraction of sp³-hybridized carbons (Fsp3) is 0.583. The number of aryl methyl sites for hydroxylation is 1. The highest BCUT2D eigenvalue weighted by atomic mass is 32.1. The summed E-state index contributed by atoms with van der Waals surface area (Å²) in [7, 11) is 9.37. The summed E-state index contributed by atoms with van der Waals surface area (Å²) in [5.41, 5.74) is 8.23. The largest absolute Gasteiger partial charge is 0.464 e. The average molecular weight is 919 g/mol. The molecule has 9 rings (SSSR count). The van der Waals surface area contributed by atoms with Gasteiger partial charge in [-0.1, -0.05) is 33.8 Å². The van der Waals surface area contributed by atoms with Crippen molar-refractivity contribution in [2.24, 2.45) is 16.7 Å². The molecule has 64 heavy (non-hydrogen) atoms. The highest BCUT2D eigenvalue weighted by molar-refractivity contribution is 7.10. The number of methoxy groups -OCH3 is 1. The number of fused-ring (bicyclic) bond motifs is 9. The summed E-state index contributed by atoms with van der Waals surface area (Å²) in [5, 5.41) is 3.74. The number of amides is 3. The van der Waals surface area contributed by atoms with Crippen molar-refractivity contribution in [1.29, 1.82) is 0 Å². The summed E-state index contributed by atoms with van der Waals surface area (Å²) in [4.78, 5) is 71.8. The van der Waals surface area contributed by atoms with Crippen LogP contribution in [-0.2, 0) is 48.5 Å². The minimum absolute atomic E-state index is 0.0391.